The molecule has 10 heteroatoms. The SMILES string of the molecule is CCCCNC(=O)C(c1cccc(C)c1O)N(C)C(=O)C(CCC(N)=O)NC(=O)OC(C)(C)C. The van der Waals surface area contributed by atoms with Crippen LogP contribution in [-0.2, 0) is 19.1 Å². The van der Waals surface area contributed by atoms with Crippen LogP contribution >= 0.6 is 0 Å². The first-order valence-electron chi connectivity index (χ1n) is 11.4. The fraction of sp³-hybridized carbons (Fsp3) is 0.583. The molecule has 0 spiro atoms. The summed E-state index contributed by atoms with van der Waals surface area (Å²) in [4.78, 5) is 51.4. The third-order valence-electron chi connectivity index (χ3n) is 5.04. The second-order valence-corrected chi connectivity index (χ2v) is 9.21. The Balaban J connectivity index is 3.30. The molecule has 2 atom stereocenters. The molecule has 0 aromatic heterocycles. The van der Waals surface area contributed by atoms with Crippen LogP contribution in [0.25, 0.3) is 0 Å². The number of phenolic OH excluding ortho intramolecular Hbond substituents is 1. The Kier molecular flexibility index (Phi) is 10.8. The van der Waals surface area contributed by atoms with Crippen LogP contribution in [-0.4, -0.2) is 59.1 Å². The molecule has 1 aromatic rings. The van der Waals surface area contributed by atoms with Gasteiger partial charge in [-0.25, -0.2) is 4.79 Å². The maximum Gasteiger partial charge on any atom is 0.408 e. The van der Waals surface area contributed by atoms with Crippen molar-refractivity contribution in [2.24, 2.45) is 5.73 Å². The van der Waals surface area contributed by atoms with E-state index < -0.39 is 41.5 Å². The van der Waals surface area contributed by atoms with E-state index in [0.717, 1.165) is 17.7 Å². The molecular formula is C24H38N4O6. The molecule has 0 radical (unpaired) electrons. The van der Waals surface area contributed by atoms with Gasteiger partial charge in [0.25, 0.3) is 0 Å². The smallest absolute Gasteiger partial charge is 0.408 e. The Hall–Kier alpha value is -3.30. The summed E-state index contributed by atoms with van der Waals surface area (Å²) in [6, 6.07) is 2.59. The number of aromatic hydroxyl groups is 1. The first-order valence-corrected chi connectivity index (χ1v) is 11.4. The summed E-state index contributed by atoms with van der Waals surface area (Å²) in [6.45, 7) is 9.11. The lowest BCUT2D eigenvalue weighted by molar-refractivity contribution is -0.141. The summed E-state index contributed by atoms with van der Waals surface area (Å²) in [6.07, 6.45) is 0.526. The van der Waals surface area contributed by atoms with Crippen LogP contribution in [0.1, 0.15) is 70.5 Å². The van der Waals surface area contributed by atoms with E-state index in [1.807, 2.05) is 6.92 Å². The molecule has 0 heterocycles. The molecule has 10 nitrogen and oxygen atoms in total. The lowest BCUT2D eigenvalue weighted by Gasteiger charge is -2.32. The fourth-order valence-electron chi connectivity index (χ4n) is 3.28. The van der Waals surface area contributed by atoms with Crippen LogP contribution in [0.5, 0.6) is 5.75 Å². The number of rotatable bonds is 11. The number of hydrogen-bond acceptors (Lipinski definition) is 6. The van der Waals surface area contributed by atoms with E-state index in [-0.39, 0.29) is 24.2 Å². The average molecular weight is 479 g/mol. The highest BCUT2D eigenvalue weighted by Gasteiger charge is 2.35. The zero-order chi connectivity index (χ0) is 26.1. The number of aryl methyl sites for hydroxylation is 1. The number of carbonyl (C=O) groups excluding carboxylic acids is 4. The maximum absolute atomic E-state index is 13.4. The highest BCUT2D eigenvalue weighted by molar-refractivity contribution is 5.92. The molecule has 2 unspecified atom stereocenters. The van der Waals surface area contributed by atoms with E-state index in [1.54, 1.807) is 45.9 Å². The van der Waals surface area contributed by atoms with E-state index in [1.165, 1.54) is 7.05 Å². The van der Waals surface area contributed by atoms with E-state index >= 15 is 0 Å². The Morgan fingerprint density at radius 1 is 1.21 bits per heavy atom. The van der Waals surface area contributed by atoms with Crippen LogP contribution in [0.15, 0.2) is 18.2 Å². The van der Waals surface area contributed by atoms with Gasteiger partial charge in [-0.1, -0.05) is 31.5 Å². The van der Waals surface area contributed by atoms with Crippen molar-refractivity contribution in [2.75, 3.05) is 13.6 Å². The normalized spacial score (nSPS) is 12.9. The van der Waals surface area contributed by atoms with Crippen LogP contribution < -0.4 is 16.4 Å². The number of nitrogens with zero attached hydrogens (tertiary/aromatic N) is 1. The van der Waals surface area contributed by atoms with Gasteiger partial charge in [-0.15, -0.1) is 0 Å². The number of hydrogen-bond donors (Lipinski definition) is 4. The number of amides is 4. The zero-order valence-corrected chi connectivity index (χ0v) is 20.9. The molecule has 0 fully saturated rings. The third-order valence-corrected chi connectivity index (χ3v) is 5.04. The number of nitrogens with one attached hydrogen (secondary N) is 2. The minimum atomic E-state index is -1.18. The van der Waals surface area contributed by atoms with Crippen molar-refractivity contribution in [3.05, 3.63) is 29.3 Å². The number of carbonyl (C=O) groups is 4. The van der Waals surface area contributed by atoms with Crippen LogP contribution in [0.3, 0.4) is 0 Å². The van der Waals surface area contributed by atoms with Gasteiger partial charge in [0.1, 0.15) is 23.4 Å². The first kappa shape index (κ1) is 28.7. The molecule has 34 heavy (non-hydrogen) atoms. The van der Waals surface area contributed by atoms with Gasteiger partial charge in [-0.05, 0) is 46.1 Å². The lowest BCUT2D eigenvalue weighted by Crippen LogP contribution is -2.52. The number of unbranched alkanes of at least 4 members (excludes halogenated alkanes) is 1. The molecule has 4 amide bonds. The molecule has 1 aromatic carbocycles. The highest BCUT2D eigenvalue weighted by Crippen LogP contribution is 2.31. The topological polar surface area (TPSA) is 151 Å². The van der Waals surface area contributed by atoms with Gasteiger partial charge in [0.2, 0.25) is 17.7 Å². The zero-order valence-electron chi connectivity index (χ0n) is 20.9. The van der Waals surface area contributed by atoms with E-state index in [2.05, 4.69) is 10.6 Å². The second-order valence-electron chi connectivity index (χ2n) is 9.21. The van der Waals surface area contributed by atoms with E-state index in [9.17, 15) is 24.3 Å². The largest absolute Gasteiger partial charge is 0.507 e. The number of phenols is 1. The number of likely N-dealkylation sites (N-methyl/N-ethyl adjacent to an activating group) is 1. The Morgan fingerprint density at radius 3 is 2.41 bits per heavy atom. The molecule has 0 aliphatic rings. The van der Waals surface area contributed by atoms with Crippen molar-refractivity contribution in [3.8, 4) is 5.75 Å². The predicted molar refractivity (Wildman–Crippen MR) is 128 cm³/mol. The number of ether oxygens (including phenoxy) is 1. The van der Waals surface area contributed by atoms with Gasteiger partial charge in [-0.3, -0.25) is 14.4 Å². The minimum absolute atomic E-state index is 0.0816. The molecule has 190 valence electrons. The van der Waals surface area contributed by atoms with Gasteiger partial charge < -0.3 is 31.1 Å². The summed E-state index contributed by atoms with van der Waals surface area (Å²) in [5.41, 5.74) is 5.23. The quantitative estimate of drug-likeness (QED) is 0.358. The third kappa shape index (κ3) is 8.92. The average Bonchev–Trinajstić information content (AvgIpc) is 2.72. The summed E-state index contributed by atoms with van der Waals surface area (Å²) in [7, 11) is 1.40. The summed E-state index contributed by atoms with van der Waals surface area (Å²) < 4.78 is 5.24. The maximum atomic E-state index is 13.4. The molecule has 0 aliphatic carbocycles. The van der Waals surface area contributed by atoms with Gasteiger partial charge in [0.05, 0.1) is 0 Å². The number of alkyl carbamates (subject to hydrolysis) is 1. The van der Waals surface area contributed by atoms with Crippen molar-refractivity contribution in [1.82, 2.24) is 15.5 Å². The number of primary amides is 1. The van der Waals surface area contributed by atoms with Crippen molar-refractivity contribution >= 4 is 23.8 Å². The summed E-state index contributed by atoms with van der Waals surface area (Å²) in [5, 5.41) is 15.9. The fourth-order valence-corrected chi connectivity index (χ4v) is 3.28. The monoisotopic (exact) mass is 478 g/mol. The van der Waals surface area contributed by atoms with Crippen molar-refractivity contribution in [3.63, 3.8) is 0 Å². The summed E-state index contributed by atoms with van der Waals surface area (Å²) >= 11 is 0. The first-order chi connectivity index (χ1) is 15.8. The van der Waals surface area contributed by atoms with Crippen LogP contribution in [0.2, 0.25) is 0 Å². The Labute approximate surface area is 201 Å². The van der Waals surface area contributed by atoms with Gasteiger partial charge in [-0.2, -0.15) is 0 Å². The molecule has 1 rings (SSSR count). The Bertz CT molecular complexity index is 881. The molecule has 0 saturated heterocycles. The standard InChI is InChI=1S/C24H38N4O6/c1-7-8-14-26-21(31)19(16-11-9-10-15(2)20(16)30)28(6)22(32)17(12-13-18(25)29)27-23(33)34-24(3,4)5/h9-11,17,19,30H,7-8,12-14H2,1-6H3,(H2,25,29)(H,26,31)(H,27,33). The van der Waals surface area contributed by atoms with Gasteiger partial charge >= 0.3 is 6.09 Å². The molecule has 5 N–H and O–H groups in total. The lowest BCUT2D eigenvalue weighted by atomic mass is 9.99. The minimum Gasteiger partial charge on any atom is -0.507 e. The van der Waals surface area contributed by atoms with Gasteiger partial charge in [0, 0.05) is 25.6 Å². The molecule has 0 saturated carbocycles. The second kappa shape index (κ2) is 12.8. The number of nitrogens with two attached hydrogens (primary N) is 1. The van der Waals surface area contributed by atoms with E-state index in [4.69, 9.17) is 10.5 Å². The van der Waals surface area contributed by atoms with Gasteiger partial charge in [0.15, 0.2) is 0 Å². The molecular weight excluding hydrogens is 440 g/mol. The predicted octanol–water partition coefficient (Wildman–Crippen LogP) is 2.28. The van der Waals surface area contributed by atoms with Crippen LogP contribution in [0.4, 0.5) is 4.79 Å². The molecule has 0 aliphatic heterocycles. The highest BCUT2D eigenvalue weighted by atomic mass is 16.6. The number of benzene rings is 1. The summed E-state index contributed by atoms with van der Waals surface area (Å²) in [5.74, 6) is -1.86. The van der Waals surface area contributed by atoms with Crippen molar-refractivity contribution < 1.29 is 29.0 Å². The van der Waals surface area contributed by atoms with E-state index in [0.29, 0.717) is 12.1 Å². The van der Waals surface area contributed by atoms with Crippen molar-refractivity contribution in [1.29, 1.82) is 0 Å². The number of para-hydroxylation sites is 1. The van der Waals surface area contributed by atoms with Crippen molar-refractivity contribution in [2.45, 2.75) is 78.0 Å². The molecule has 0 bridgehead atoms. The Morgan fingerprint density at radius 2 is 1.85 bits per heavy atom. The van der Waals surface area contributed by atoms with Crippen LogP contribution in [0, 0.1) is 6.92 Å².